The lowest BCUT2D eigenvalue weighted by Gasteiger charge is -2.15. The molecular formula is C13H12F3N5O. The van der Waals surface area contributed by atoms with Crippen LogP contribution in [-0.4, -0.2) is 33.0 Å². The molecule has 0 aromatic carbocycles. The van der Waals surface area contributed by atoms with Crippen molar-refractivity contribution in [3.8, 4) is 5.95 Å². The normalized spacial score (nSPS) is 15.7. The van der Waals surface area contributed by atoms with Crippen molar-refractivity contribution in [1.82, 2.24) is 19.7 Å². The monoisotopic (exact) mass is 311 g/mol. The van der Waals surface area contributed by atoms with Crippen LogP contribution < -0.4 is 5.73 Å². The number of alkyl halides is 3. The number of hydrogen-bond donors (Lipinski definition) is 1. The van der Waals surface area contributed by atoms with E-state index < -0.39 is 11.9 Å². The lowest BCUT2D eigenvalue weighted by Crippen LogP contribution is -2.13. The van der Waals surface area contributed by atoms with Gasteiger partial charge in [-0.2, -0.15) is 23.0 Å². The smallest absolute Gasteiger partial charge is 0.383 e. The molecule has 0 radical (unpaired) electrons. The summed E-state index contributed by atoms with van der Waals surface area (Å²) in [5.74, 6) is -0.177. The predicted molar refractivity (Wildman–Crippen MR) is 72.0 cm³/mol. The Kier molecular flexibility index (Phi) is 3.57. The fourth-order valence-corrected chi connectivity index (χ4v) is 2.23. The van der Waals surface area contributed by atoms with Crippen molar-refractivity contribution in [2.75, 3.05) is 18.9 Å². The number of anilines is 1. The predicted octanol–water partition coefficient (Wildman–Crippen LogP) is 2.07. The highest BCUT2D eigenvalue weighted by atomic mass is 19.4. The highest BCUT2D eigenvalue weighted by molar-refractivity contribution is 5.77. The van der Waals surface area contributed by atoms with Crippen LogP contribution in [0.4, 0.5) is 19.0 Å². The third kappa shape index (κ3) is 2.54. The lowest BCUT2D eigenvalue weighted by molar-refractivity contribution is -0.141. The number of aromatic nitrogens is 4. The molecular weight excluding hydrogens is 299 g/mol. The zero-order valence-electron chi connectivity index (χ0n) is 11.3. The van der Waals surface area contributed by atoms with Gasteiger partial charge in [0.1, 0.15) is 5.82 Å². The number of hydrogen-bond acceptors (Lipinski definition) is 5. The Bertz CT molecular complexity index is 708. The Morgan fingerprint density at radius 2 is 1.95 bits per heavy atom. The number of ether oxygens (including phenoxy) is 1. The Morgan fingerprint density at radius 1 is 1.23 bits per heavy atom. The number of nitrogens with zero attached hydrogens (tertiary/aromatic N) is 4. The van der Waals surface area contributed by atoms with Crippen molar-refractivity contribution < 1.29 is 17.9 Å². The van der Waals surface area contributed by atoms with Crippen molar-refractivity contribution in [3.63, 3.8) is 0 Å². The van der Waals surface area contributed by atoms with Crippen LogP contribution in [0.3, 0.4) is 0 Å². The molecule has 0 saturated carbocycles. The minimum Gasteiger partial charge on any atom is -0.383 e. The first-order valence-corrected chi connectivity index (χ1v) is 6.48. The van der Waals surface area contributed by atoms with Gasteiger partial charge in [-0.25, -0.2) is 9.97 Å². The number of nitrogens with two attached hydrogens (primary N) is 1. The van der Waals surface area contributed by atoms with E-state index in [0.29, 0.717) is 18.6 Å². The van der Waals surface area contributed by atoms with Gasteiger partial charge in [-0.15, -0.1) is 0 Å². The van der Waals surface area contributed by atoms with Gasteiger partial charge in [-0.05, 0) is 18.1 Å². The molecule has 2 aromatic rings. The van der Waals surface area contributed by atoms with Crippen LogP contribution in [0.5, 0.6) is 0 Å². The average Bonchev–Trinajstić information content (AvgIpc) is 2.87. The number of nitrogen functional groups attached to an aromatic ring is 1. The Labute approximate surface area is 123 Å². The van der Waals surface area contributed by atoms with E-state index in [0.717, 1.165) is 4.68 Å². The SMILES string of the molecule is Nc1c(C2=CCCOC2)c(C(F)(F)F)nn1-c1ncccn1. The van der Waals surface area contributed by atoms with Gasteiger partial charge in [-0.1, -0.05) is 6.08 Å². The minimum absolute atomic E-state index is 0.0194. The third-order valence-corrected chi connectivity index (χ3v) is 3.16. The first kappa shape index (κ1) is 14.5. The quantitative estimate of drug-likeness (QED) is 0.918. The summed E-state index contributed by atoms with van der Waals surface area (Å²) < 4.78 is 45.9. The zero-order valence-corrected chi connectivity index (χ0v) is 11.3. The molecule has 0 saturated heterocycles. The fraction of sp³-hybridized carbons (Fsp3) is 0.308. The summed E-state index contributed by atoms with van der Waals surface area (Å²) >= 11 is 0. The summed E-state index contributed by atoms with van der Waals surface area (Å²) in [6.45, 7) is 0.537. The molecule has 2 N–H and O–H groups in total. The molecule has 1 aliphatic heterocycles. The molecule has 0 atom stereocenters. The molecule has 0 unspecified atom stereocenters. The second kappa shape index (κ2) is 5.41. The van der Waals surface area contributed by atoms with Gasteiger partial charge in [0.05, 0.1) is 18.8 Å². The van der Waals surface area contributed by atoms with Gasteiger partial charge in [0.15, 0.2) is 5.69 Å². The van der Waals surface area contributed by atoms with Crippen LogP contribution in [0, 0.1) is 0 Å². The van der Waals surface area contributed by atoms with E-state index >= 15 is 0 Å². The van der Waals surface area contributed by atoms with Crippen molar-refractivity contribution in [1.29, 1.82) is 0 Å². The summed E-state index contributed by atoms with van der Waals surface area (Å²) in [4.78, 5) is 7.77. The molecule has 0 spiro atoms. The largest absolute Gasteiger partial charge is 0.435 e. The summed E-state index contributed by atoms with van der Waals surface area (Å²) in [6, 6.07) is 1.55. The maximum absolute atomic E-state index is 13.3. The van der Waals surface area contributed by atoms with E-state index in [9.17, 15) is 13.2 Å². The molecule has 0 fully saturated rings. The maximum atomic E-state index is 13.3. The van der Waals surface area contributed by atoms with Crippen LogP contribution in [0.15, 0.2) is 24.5 Å². The van der Waals surface area contributed by atoms with E-state index in [1.54, 1.807) is 12.1 Å². The van der Waals surface area contributed by atoms with Crippen molar-refractivity contribution in [2.24, 2.45) is 0 Å². The molecule has 1 aliphatic rings. The molecule has 3 rings (SSSR count). The second-order valence-electron chi connectivity index (χ2n) is 4.64. The summed E-state index contributed by atoms with van der Waals surface area (Å²) in [7, 11) is 0. The Morgan fingerprint density at radius 3 is 2.55 bits per heavy atom. The number of rotatable bonds is 2. The second-order valence-corrected chi connectivity index (χ2v) is 4.64. The molecule has 22 heavy (non-hydrogen) atoms. The van der Waals surface area contributed by atoms with E-state index in [-0.39, 0.29) is 23.9 Å². The number of halogens is 3. The Balaban J connectivity index is 2.19. The van der Waals surface area contributed by atoms with E-state index in [1.807, 2.05) is 0 Å². The first-order valence-electron chi connectivity index (χ1n) is 6.48. The van der Waals surface area contributed by atoms with Gasteiger partial charge < -0.3 is 10.5 Å². The van der Waals surface area contributed by atoms with Crippen LogP contribution in [0.25, 0.3) is 11.5 Å². The molecule has 9 heteroatoms. The summed E-state index contributed by atoms with van der Waals surface area (Å²) in [6.07, 6.45) is 0.377. The molecule has 0 amide bonds. The highest BCUT2D eigenvalue weighted by Gasteiger charge is 2.40. The van der Waals surface area contributed by atoms with Crippen molar-refractivity contribution in [2.45, 2.75) is 12.6 Å². The van der Waals surface area contributed by atoms with E-state index in [4.69, 9.17) is 10.5 Å². The lowest BCUT2D eigenvalue weighted by atomic mass is 10.0. The summed E-state index contributed by atoms with van der Waals surface area (Å²) in [5, 5.41) is 3.57. The zero-order chi connectivity index (χ0) is 15.7. The van der Waals surface area contributed by atoms with Gasteiger partial charge in [0.2, 0.25) is 0 Å². The molecule has 2 aromatic heterocycles. The van der Waals surface area contributed by atoms with Crippen LogP contribution in [0.1, 0.15) is 17.7 Å². The molecule has 0 bridgehead atoms. The fourth-order valence-electron chi connectivity index (χ4n) is 2.23. The first-order chi connectivity index (χ1) is 10.5. The van der Waals surface area contributed by atoms with Crippen molar-refractivity contribution in [3.05, 3.63) is 35.8 Å². The Hall–Kier alpha value is -2.42. The molecule has 116 valence electrons. The summed E-state index contributed by atoms with van der Waals surface area (Å²) in [5.41, 5.74) is 5.03. The maximum Gasteiger partial charge on any atom is 0.435 e. The van der Waals surface area contributed by atoms with E-state index in [2.05, 4.69) is 15.1 Å². The standard InChI is InChI=1S/C13H12F3N5O/c14-13(15,16)10-9(8-3-1-6-22-7-8)11(17)21(20-10)12-18-4-2-5-19-12/h2-5H,1,6-7,17H2. The highest BCUT2D eigenvalue weighted by Crippen LogP contribution is 2.38. The van der Waals surface area contributed by atoms with Crippen LogP contribution in [-0.2, 0) is 10.9 Å². The topological polar surface area (TPSA) is 78.9 Å². The van der Waals surface area contributed by atoms with Crippen LogP contribution >= 0.6 is 0 Å². The van der Waals surface area contributed by atoms with E-state index in [1.165, 1.54) is 12.4 Å². The minimum atomic E-state index is -4.64. The molecule has 0 aliphatic carbocycles. The van der Waals surface area contributed by atoms with Gasteiger partial charge >= 0.3 is 6.18 Å². The average molecular weight is 311 g/mol. The van der Waals surface area contributed by atoms with Gasteiger partial charge in [0, 0.05) is 12.4 Å². The third-order valence-electron chi connectivity index (χ3n) is 3.16. The van der Waals surface area contributed by atoms with Crippen LogP contribution in [0.2, 0.25) is 0 Å². The molecule has 6 nitrogen and oxygen atoms in total. The van der Waals surface area contributed by atoms with Gasteiger partial charge in [0.25, 0.3) is 5.95 Å². The van der Waals surface area contributed by atoms with Gasteiger partial charge in [-0.3, -0.25) is 0 Å². The molecule has 3 heterocycles. The van der Waals surface area contributed by atoms with Crippen molar-refractivity contribution >= 4 is 11.4 Å².